The van der Waals surface area contributed by atoms with E-state index in [1.807, 2.05) is 30.8 Å². The number of rotatable bonds is 8. The number of hydrogen-bond acceptors (Lipinski definition) is 7. The normalized spacial score (nSPS) is 15.3. The molecule has 0 fully saturated rings. The average molecular weight is 488 g/mol. The van der Waals surface area contributed by atoms with Gasteiger partial charge in [-0.05, 0) is 49.8 Å². The van der Waals surface area contributed by atoms with Crippen LogP contribution in [-0.4, -0.2) is 44.1 Å². The molecule has 1 aliphatic rings. The molecule has 1 aliphatic carbocycles. The van der Waals surface area contributed by atoms with Gasteiger partial charge in [0.25, 0.3) is 0 Å². The Morgan fingerprint density at radius 3 is 2.88 bits per heavy atom. The molecule has 1 atom stereocenters. The van der Waals surface area contributed by atoms with Crippen LogP contribution in [0.5, 0.6) is 0 Å². The Hall–Kier alpha value is -2.59. The predicted molar refractivity (Wildman–Crippen MR) is 130 cm³/mol. The average Bonchev–Trinajstić information content (AvgIpc) is 3.48. The standard InChI is InChI=1S/C23H29N5O3S2/c1-5-28-18(12-15-7-6-10-27(15)3)25-26-23(28)32-13-19(29)24-21-20(22(30)31-4)16-9-8-14(2)11-17(16)33-21/h6-7,10,14H,5,8-9,11-13H2,1-4H3,(H,24,29). The highest BCUT2D eigenvalue weighted by Crippen LogP contribution is 2.40. The molecule has 4 rings (SSSR count). The van der Waals surface area contributed by atoms with Gasteiger partial charge >= 0.3 is 5.97 Å². The Labute approximate surface area is 201 Å². The molecule has 10 heteroatoms. The van der Waals surface area contributed by atoms with Crippen molar-refractivity contribution < 1.29 is 14.3 Å². The number of anilines is 1. The van der Waals surface area contributed by atoms with Gasteiger partial charge in [-0.1, -0.05) is 18.7 Å². The summed E-state index contributed by atoms with van der Waals surface area (Å²) in [6, 6.07) is 4.07. The van der Waals surface area contributed by atoms with Gasteiger partial charge in [-0.25, -0.2) is 4.79 Å². The molecular formula is C23H29N5O3S2. The maximum atomic E-state index is 12.8. The molecule has 0 aliphatic heterocycles. The molecule has 0 saturated heterocycles. The summed E-state index contributed by atoms with van der Waals surface area (Å²) in [7, 11) is 3.39. The second-order valence-corrected chi connectivity index (χ2v) is 10.4. The number of thioether (sulfide) groups is 1. The topological polar surface area (TPSA) is 91.0 Å². The lowest BCUT2D eigenvalue weighted by molar-refractivity contribution is -0.113. The van der Waals surface area contributed by atoms with Gasteiger partial charge < -0.3 is 19.2 Å². The summed E-state index contributed by atoms with van der Waals surface area (Å²) in [4.78, 5) is 26.4. The van der Waals surface area contributed by atoms with Crippen molar-refractivity contribution in [1.29, 1.82) is 0 Å². The van der Waals surface area contributed by atoms with Gasteiger partial charge in [0.2, 0.25) is 5.91 Å². The van der Waals surface area contributed by atoms with Crippen LogP contribution in [-0.2, 0) is 42.4 Å². The van der Waals surface area contributed by atoms with E-state index < -0.39 is 0 Å². The quantitative estimate of drug-likeness (QED) is 0.382. The SMILES string of the molecule is CCn1c(Cc2cccn2C)nnc1SCC(=O)Nc1sc2c(c1C(=O)OC)CCC(C)C2. The predicted octanol–water partition coefficient (Wildman–Crippen LogP) is 3.93. The molecule has 1 unspecified atom stereocenters. The number of amides is 1. The Kier molecular flexibility index (Phi) is 7.23. The maximum absolute atomic E-state index is 12.8. The molecule has 3 aromatic heterocycles. The number of esters is 1. The van der Waals surface area contributed by atoms with Crippen molar-refractivity contribution in [3.05, 3.63) is 45.9 Å². The van der Waals surface area contributed by atoms with Crippen LogP contribution in [0.4, 0.5) is 5.00 Å². The number of carbonyl (C=O) groups excluding carboxylic acids is 2. The molecule has 33 heavy (non-hydrogen) atoms. The van der Waals surface area contributed by atoms with Gasteiger partial charge in [-0.3, -0.25) is 4.79 Å². The maximum Gasteiger partial charge on any atom is 0.341 e. The third-order valence-corrected chi connectivity index (χ3v) is 8.12. The first kappa shape index (κ1) is 23.6. The fraction of sp³-hybridized carbons (Fsp3) is 0.478. The van der Waals surface area contributed by atoms with Gasteiger partial charge in [-0.2, -0.15) is 0 Å². The third kappa shape index (κ3) is 5.01. The van der Waals surface area contributed by atoms with Crippen molar-refractivity contribution in [2.24, 2.45) is 13.0 Å². The van der Waals surface area contributed by atoms with E-state index in [9.17, 15) is 9.59 Å². The van der Waals surface area contributed by atoms with Crippen LogP contribution < -0.4 is 5.32 Å². The summed E-state index contributed by atoms with van der Waals surface area (Å²) in [6.45, 7) is 4.98. The zero-order valence-corrected chi connectivity index (χ0v) is 21.0. The van der Waals surface area contributed by atoms with Crippen molar-refractivity contribution in [2.45, 2.75) is 51.2 Å². The van der Waals surface area contributed by atoms with Crippen LogP contribution >= 0.6 is 23.1 Å². The number of hydrogen-bond donors (Lipinski definition) is 1. The second kappa shape index (κ2) is 10.1. The summed E-state index contributed by atoms with van der Waals surface area (Å²) in [5, 5.41) is 12.9. The molecule has 0 radical (unpaired) electrons. The Morgan fingerprint density at radius 1 is 1.36 bits per heavy atom. The van der Waals surface area contributed by atoms with Crippen molar-refractivity contribution >= 4 is 40.0 Å². The van der Waals surface area contributed by atoms with Gasteiger partial charge in [0.15, 0.2) is 5.16 Å². The zero-order valence-electron chi connectivity index (χ0n) is 19.4. The zero-order chi connectivity index (χ0) is 23.5. The molecule has 0 spiro atoms. The molecule has 8 nitrogen and oxygen atoms in total. The van der Waals surface area contributed by atoms with E-state index in [0.29, 0.717) is 28.1 Å². The highest BCUT2D eigenvalue weighted by Gasteiger charge is 2.29. The second-order valence-electron chi connectivity index (χ2n) is 8.31. The minimum absolute atomic E-state index is 0.175. The van der Waals surface area contributed by atoms with Crippen LogP contribution in [0.3, 0.4) is 0 Å². The lowest BCUT2D eigenvalue weighted by Crippen LogP contribution is -2.17. The molecule has 3 aromatic rings. The number of aryl methyl sites for hydroxylation is 1. The summed E-state index contributed by atoms with van der Waals surface area (Å²) < 4.78 is 9.11. The molecule has 0 saturated carbocycles. The first-order valence-corrected chi connectivity index (χ1v) is 12.9. The number of ether oxygens (including phenoxy) is 1. The van der Waals surface area contributed by atoms with E-state index in [0.717, 1.165) is 42.9 Å². The molecule has 0 bridgehead atoms. The summed E-state index contributed by atoms with van der Waals surface area (Å²) in [5.41, 5.74) is 2.70. The van der Waals surface area contributed by atoms with E-state index >= 15 is 0 Å². The van der Waals surface area contributed by atoms with Crippen molar-refractivity contribution in [2.75, 3.05) is 18.2 Å². The molecular weight excluding hydrogens is 458 g/mol. The van der Waals surface area contributed by atoms with E-state index in [2.05, 4.69) is 33.1 Å². The summed E-state index contributed by atoms with van der Waals surface area (Å²) in [6.07, 6.45) is 5.49. The van der Waals surface area contributed by atoms with Crippen molar-refractivity contribution in [3.63, 3.8) is 0 Å². The highest BCUT2D eigenvalue weighted by molar-refractivity contribution is 7.99. The Morgan fingerprint density at radius 2 is 2.18 bits per heavy atom. The summed E-state index contributed by atoms with van der Waals surface area (Å²) >= 11 is 2.85. The Bertz CT molecular complexity index is 1160. The lowest BCUT2D eigenvalue weighted by Gasteiger charge is -2.18. The van der Waals surface area contributed by atoms with Gasteiger partial charge in [0, 0.05) is 36.8 Å². The Balaban J connectivity index is 1.45. The molecule has 176 valence electrons. The largest absolute Gasteiger partial charge is 0.465 e. The third-order valence-electron chi connectivity index (χ3n) is 5.99. The molecule has 3 heterocycles. The molecule has 0 aromatic carbocycles. The molecule has 1 amide bonds. The van der Waals surface area contributed by atoms with Crippen LogP contribution in [0.2, 0.25) is 0 Å². The first-order valence-electron chi connectivity index (χ1n) is 11.1. The van der Waals surface area contributed by atoms with E-state index in [1.54, 1.807) is 0 Å². The van der Waals surface area contributed by atoms with E-state index in [4.69, 9.17) is 4.74 Å². The fourth-order valence-electron chi connectivity index (χ4n) is 4.17. The number of aromatic nitrogens is 4. The van der Waals surface area contributed by atoms with E-state index in [1.165, 1.54) is 35.1 Å². The van der Waals surface area contributed by atoms with E-state index in [-0.39, 0.29) is 17.6 Å². The monoisotopic (exact) mass is 487 g/mol. The number of thiophene rings is 1. The number of nitrogens with one attached hydrogen (secondary N) is 1. The van der Waals surface area contributed by atoms with Crippen LogP contribution in [0, 0.1) is 5.92 Å². The van der Waals surface area contributed by atoms with Crippen LogP contribution in [0.25, 0.3) is 0 Å². The van der Waals surface area contributed by atoms with Crippen molar-refractivity contribution in [1.82, 2.24) is 19.3 Å². The highest BCUT2D eigenvalue weighted by atomic mass is 32.2. The summed E-state index contributed by atoms with van der Waals surface area (Å²) in [5.74, 6) is 1.07. The number of fused-ring (bicyclic) bond motifs is 1. The number of methoxy groups -OCH3 is 1. The molecule has 1 N–H and O–H groups in total. The van der Waals surface area contributed by atoms with Crippen molar-refractivity contribution in [3.8, 4) is 0 Å². The van der Waals surface area contributed by atoms with Crippen LogP contribution in [0.1, 0.15) is 52.6 Å². The minimum Gasteiger partial charge on any atom is -0.465 e. The fourth-order valence-corrected chi connectivity index (χ4v) is 6.40. The van der Waals surface area contributed by atoms with Crippen LogP contribution in [0.15, 0.2) is 23.5 Å². The lowest BCUT2D eigenvalue weighted by atomic mass is 9.88. The number of nitrogens with zero attached hydrogens (tertiary/aromatic N) is 4. The van der Waals surface area contributed by atoms with Gasteiger partial charge in [-0.15, -0.1) is 21.5 Å². The number of carbonyl (C=O) groups is 2. The van der Waals surface area contributed by atoms with Gasteiger partial charge in [0.05, 0.1) is 18.4 Å². The first-order chi connectivity index (χ1) is 15.9. The minimum atomic E-state index is -0.388. The smallest absolute Gasteiger partial charge is 0.341 e. The van der Waals surface area contributed by atoms with Gasteiger partial charge in [0.1, 0.15) is 10.8 Å².